The van der Waals surface area contributed by atoms with Gasteiger partial charge in [0.2, 0.25) is 0 Å². The first-order valence-corrected chi connectivity index (χ1v) is 6.69. The van der Waals surface area contributed by atoms with Crippen LogP contribution >= 0.6 is 0 Å². The van der Waals surface area contributed by atoms with Gasteiger partial charge in [-0.1, -0.05) is 42.5 Å². The van der Waals surface area contributed by atoms with Crippen molar-refractivity contribution in [1.82, 2.24) is 0 Å². The molecule has 0 N–H and O–H groups in total. The van der Waals surface area contributed by atoms with E-state index in [1.54, 1.807) is 0 Å². The van der Waals surface area contributed by atoms with Gasteiger partial charge in [-0.05, 0) is 48.3 Å². The van der Waals surface area contributed by atoms with Crippen molar-refractivity contribution in [3.63, 3.8) is 0 Å². The second-order valence-electron chi connectivity index (χ2n) is 5.59. The molecule has 2 saturated carbocycles. The molecule has 1 aromatic carbocycles. The Hall–Kier alpha value is -1.63. The van der Waals surface area contributed by atoms with Crippen molar-refractivity contribution in [3.05, 3.63) is 53.6 Å². The minimum absolute atomic E-state index is 0.354. The Bertz CT molecular complexity index is 510. The predicted octanol–water partition coefficient (Wildman–Crippen LogP) is 4.02. The van der Waals surface area contributed by atoms with Crippen molar-refractivity contribution in [2.45, 2.75) is 25.7 Å². The number of hydrogen-bond donors (Lipinski definition) is 0. The fourth-order valence-corrected chi connectivity index (χ4v) is 3.34. The van der Waals surface area contributed by atoms with Gasteiger partial charge < -0.3 is 0 Å². The molecule has 0 unspecified atom stereocenters. The number of Topliss-reactive ketones (excluding diaryl/α,β-unsaturated/α-hetero) is 1. The summed E-state index contributed by atoms with van der Waals surface area (Å²) >= 11 is 0. The average Bonchev–Trinajstić information content (AvgIpc) is 2.35. The van der Waals surface area contributed by atoms with Crippen LogP contribution in [0.3, 0.4) is 0 Å². The van der Waals surface area contributed by atoms with E-state index in [0.717, 1.165) is 24.0 Å². The molecule has 1 aromatic rings. The Kier molecular flexibility index (Phi) is 2.91. The van der Waals surface area contributed by atoms with Gasteiger partial charge in [-0.15, -0.1) is 0 Å². The number of hydrogen-bond acceptors (Lipinski definition) is 1. The van der Waals surface area contributed by atoms with Crippen LogP contribution in [0.1, 0.15) is 31.2 Å². The monoisotopic (exact) mass is 238 g/mol. The Balaban J connectivity index is 1.93. The number of carbonyl (C=O) groups excluding carboxylic acids is 1. The number of allylic oxidation sites excluding steroid dienone is 2. The number of rotatable bonds is 1. The second kappa shape index (κ2) is 4.56. The first-order chi connectivity index (χ1) is 8.72. The van der Waals surface area contributed by atoms with Gasteiger partial charge in [-0.3, -0.25) is 4.79 Å². The first-order valence-electron chi connectivity index (χ1n) is 6.69. The molecule has 2 bridgehead atoms. The molecule has 92 valence electrons. The highest BCUT2D eigenvalue weighted by atomic mass is 16.1. The third-order valence-corrected chi connectivity index (χ3v) is 4.09. The van der Waals surface area contributed by atoms with Crippen molar-refractivity contribution in [3.8, 4) is 0 Å². The third kappa shape index (κ3) is 2.17. The molecule has 3 rings (SSSR count). The molecule has 2 aliphatic carbocycles. The van der Waals surface area contributed by atoms with E-state index in [9.17, 15) is 4.79 Å². The topological polar surface area (TPSA) is 17.1 Å². The zero-order valence-electron chi connectivity index (χ0n) is 10.6. The maximum atomic E-state index is 12.2. The van der Waals surface area contributed by atoms with Gasteiger partial charge in [-0.25, -0.2) is 0 Å². The summed E-state index contributed by atoms with van der Waals surface area (Å²) in [5.41, 5.74) is 3.48. The molecule has 2 aliphatic rings. The van der Waals surface area contributed by atoms with Crippen molar-refractivity contribution < 1.29 is 4.79 Å². The van der Waals surface area contributed by atoms with E-state index >= 15 is 0 Å². The lowest BCUT2D eigenvalue weighted by Crippen LogP contribution is -2.30. The fraction of sp³-hybridized carbons (Fsp3) is 0.353. The van der Waals surface area contributed by atoms with E-state index in [-0.39, 0.29) is 0 Å². The summed E-state index contributed by atoms with van der Waals surface area (Å²) in [4.78, 5) is 12.2. The lowest BCUT2D eigenvalue weighted by molar-refractivity contribution is -0.118. The molecule has 0 aromatic heterocycles. The highest BCUT2D eigenvalue weighted by Crippen LogP contribution is 2.43. The van der Waals surface area contributed by atoms with Crippen molar-refractivity contribution >= 4 is 11.9 Å². The van der Waals surface area contributed by atoms with Crippen molar-refractivity contribution in [1.29, 1.82) is 0 Å². The number of ketones is 1. The van der Waals surface area contributed by atoms with Gasteiger partial charge in [0.05, 0.1) is 0 Å². The first kappa shape index (κ1) is 11.5. The Morgan fingerprint density at radius 1 is 1.11 bits per heavy atom. The highest BCUT2D eigenvalue weighted by Gasteiger charge is 2.35. The fourth-order valence-electron chi connectivity index (χ4n) is 3.34. The number of fused-ring (bicyclic) bond motifs is 2. The minimum atomic E-state index is 0.354. The van der Waals surface area contributed by atoms with Gasteiger partial charge in [0, 0.05) is 6.42 Å². The molecule has 0 heterocycles. The summed E-state index contributed by atoms with van der Waals surface area (Å²) in [6, 6.07) is 10.2. The van der Waals surface area contributed by atoms with E-state index in [4.69, 9.17) is 0 Å². The summed E-state index contributed by atoms with van der Waals surface area (Å²) in [6.07, 6.45) is 6.03. The largest absolute Gasteiger partial charge is 0.295 e. The van der Waals surface area contributed by atoms with Crippen LogP contribution in [-0.2, 0) is 4.79 Å². The number of benzene rings is 1. The van der Waals surface area contributed by atoms with E-state index in [1.807, 2.05) is 18.2 Å². The smallest absolute Gasteiger partial charge is 0.159 e. The second-order valence-corrected chi connectivity index (χ2v) is 5.59. The van der Waals surface area contributed by atoms with Crippen LogP contribution in [0.4, 0.5) is 0 Å². The quantitative estimate of drug-likeness (QED) is 0.533. The summed E-state index contributed by atoms with van der Waals surface area (Å²) in [7, 11) is 0. The molecule has 1 heteroatoms. The lowest BCUT2D eigenvalue weighted by atomic mass is 9.67. The number of carbonyl (C=O) groups is 1. The van der Waals surface area contributed by atoms with Gasteiger partial charge in [0.1, 0.15) is 0 Å². The molecular formula is C17H18O. The third-order valence-electron chi connectivity index (χ3n) is 4.09. The Morgan fingerprint density at radius 2 is 1.89 bits per heavy atom. The maximum Gasteiger partial charge on any atom is 0.159 e. The minimum Gasteiger partial charge on any atom is -0.295 e. The molecule has 0 spiro atoms. The van der Waals surface area contributed by atoms with Crippen LogP contribution in [0.15, 0.2) is 48.1 Å². The highest BCUT2D eigenvalue weighted by molar-refractivity contribution is 6.01. The summed E-state index contributed by atoms with van der Waals surface area (Å²) in [6.45, 7) is 4.12. The van der Waals surface area contributed by atoms with Gasteiger partial charge >= 0.3 is 0 Å². The molecule has 0 amide bonds. The van der Waals surface area contributed by atoms with Crippen LogP contribution in [0, 0.1) is 11.8 Å². The van der Waals surface area contributed by atoms with Crippen molar-refractivity contribution in [2.24, 2.45) is 11.8 Å². The zero-order valence-corrected chi connectivity index (χ0v) is 10.6. The van der Waals surface area contributed by atoms with Crippen LogP contribution < -0.4 is 0 Å². The van der Waals surface area contributed by atoms with E-state index in [1.165, 1.54) is 12.0 Å². The van der Waals surface area contributed by atoms with Gasteiger partial charge in [-0.2, -0.15) is 0 Å². The normalized spacial score (nSPS) is 29.7. The van der Waals surface area contributed by atoms with E-state index in [0.29, 0.717) is 24.0 Å². The van der Waals surface area contributed by atoms with Crippen LogP contribution in [0.2, 0.25) is 0 Å². The van der Waals surface area contributed by atoms with Crippen LogP contribution in [0.5, 0.6) is 0 Å². The molecule has 0 aliphatic heterocycles. The average molecular weight is 238 g/mol. The van der Waals surface area contributed by atoms with Crippen LogP contribution in [-0.4, -0.2) is 5.78 Å². The molecule has 2 atom stereocenters. The maximum absolute atomic E-state index is 12.2. The van der Waals surface area contributed by atoms with E-state index in [2.05, 4.69) is 24.8 Å². The molecule has 1 nitrogen and oxygen atoms in total. The van der Waals surface area contributed by atoms with E-state index < -0.39 is 0 Å². The molecule has 2 fully saturated rings. The summed E-state index contributed by atoms with van der Waals surface area (Å²) < 4.78 is 0. The summed E-state index contributed by atoms with van der Waals surface area (Å²) in [5, 5.41) is 0. The molecular weight excluding hydrogens is 220 g/mol. The molecule has 0 radical (unpaired) electrons. The lowest BCUT2D eigenvalue weighted by Gasteiger charge is -2.36. The standard InChI is InChI=1S/C17H18O/c1-12-7-14-9-15(8-12)16(17(18)11-14)10-13-5-3-2-4-6-13/h2-6,10,14-15H,1,7-9,11H2/b16-10+/t14-,15+/m1/s1. The Labute approximate surface area is 108 Å². The van der Waals surface area contributed by atoms with Crippen molar-refractivity contribution in [2.75, 3.05) is 0 Å². The Morgan fingerprint density at radius 3 is 2.67 bits per heavy atom. The van der Waals surface area contributed by atoms with Gasteiger partial charge in [0.15, 0.2) is 5.78 Å². The SMILES string of the molecule is C=C1C[C@H]2CC(=O)/C(=C/c3ccccc3)[C@@H](C1)C2. The predicted molar refractivity (Wildman–Crippen MR) is 74.0 cm³/mol. The summed E-state index contributed by atoms with van der Waals surface area (Å²) in [5.74, 6) is 1.32. The van der Waals surface area contributed by atoms with Gasteiger partial charge in [0.25, 0.3) is 0 Å². The molecule has 18 heavy (non-hydrogen) atoms. The molecule has 0 saturated heterocycles. The zero-order chi connectivity index (χ0) is 12.5. The van der Waals surface area contributed by atoms with Crippen LogP contribution in [0.25, 0.3) is 6.08 Å².